The number of carbonyl (C=O) groups excluding carboxylic acids is 2. The van der Waals surface area contributed by atoms with Gasteiger partial charge in [-0.05, 0) is 29.0 Å². The van der Waals surface area contributed by atoms with Gasteiger partial charge in [-0.25, -0.2) is 0 Å². The molecule has 8 heteroatoms. The second-order valence-electron chi connectivity index (χ2n) is 5.25. The van der Waals surface area contributed by atoms with Crippen molar-refractivity contribution in [2.45, 2.75) is 6.04 Å². The lowest BCUT2D eigenvalue weighted by molar-refractivity contribution is -0.493. The molecule has 2 aromatic rings. The minimum Gasteiger partial charge on any atom is -0.496 e. The van der Waals surface area contributed by atoms with Crippen LogP contribution in [0.25, 0.3) is 16.8 Å². The number of ether oxygens (including phenoxy) is 1. The maximum absolute atomic E-state index is 11.7. The first-order valence-electron chi connectivity index (χ1n) is 7.32. The van der Waals surface area contributed by atoms with E-state index in [-0.39, 0.29) is 5.84 Å². The lowest BCUT2D eigenvalue weighted by Crippen LogP contribution is -2.50. The molecule has 0 saturated carbocycles. The smallest absolute Gasteiger partial charge is 0.368 e. The van der Waals surface area contributed by atoms with Crippen molar-refractivity contribution in [2.75, 3.05) is 7.11 Å². The molecule has 2 amide bonds. The molecule has 0 aliphatic carbocycles. The maximum Gasteiger partial charge on any atom is 0.368 e. The number of amidine groups is 1. The van der Waals surface area contributed by atoms with Crippen molar-refractivity contribution in [2.24, 2.45) is 4.99 Å². The van der Waals surface area contributed by atoms with Crippen LogP contribution in [0.3, 0.4) is 0 Å². The van der Waals surface area contributed by atoms with Crippen LogP contribution in [0.1, 0.15) is 5.56 Å². The number of nitro groups is 1. The normalized spacial score (nSPS) is 17.5. The summed E-state index contributed by atoms with van der Waals surface area (Å²) in [5, 5.41) is 14.9. The molecule has 1 unspecified atom stereocenters. The zero-order valence-electron chi connectivity index (χ0n) is 13.1. The highest BCUT2D eigenvalue weighted by Gasteiger charge is 2.41. The van der Waals surface area contributed by atoms with E-state index in [1.165, 1.54) is 13.2 Å². The number of aliphatic imine (C=N–C) groups is 1. The van der Waals surface area contributed by atoms with Crippen LogP contribution in [0.15, 0.2) is 47.5 Å². The van der Waals surface area contributed by atoms with Gasteiger partial charge in [-0.1, -0.05) is 30.3 Å². The number of benzene rings is 2. The molecule has 3 rings (SSSR count). The molecule has 0 fully saturated rings. The Morgan fingerprint density at radius 1 is 1.20 bits per heavy atom. The minimum absolute atomic E-state index is 0.0527. The lowest BCUT2D eigenvalue weighted by atomic mass is 10.0. The van der Waals surface area contributed by atoms with Crippen molar-refractivity contribution in [3.63, 3.8) is 0 Å². The number of carbonyl (C=O) groups is 2. The molecule has 126 valence electrons. The van der Waals surface area contributed by atoms with E-state index >= 15 is 0 Å². The van der Waals surface area contributed by atoms with Gasteiger partial charge >= 0.3 is 17.9 Å². The third-order valence-corrected chi connectivity index (χ3v) is 3.73. The van der Waals surface area contributed by atoms with E-state index in [1.54, 1.807) is 12.1 Å². The fraction of sp³-hybridized carbons (Fsp3) is 0.118. The quantitative estimate of drug-likeness (QED) is 0.516. The van der Waals surface area contributed by atoms with E-state index in [4.69, 9.17) is 4.74 Å². The average molecular weight is 339 g/mol. The first-order chi connectivity index (χ1) is 12.0. The standard InChI is InChI=1S/C17H13N3O5/c1-25-13-8-6-10-4-2-3-5-11(10)12(13)7-9-14-18-16(21)15(20(23)24)17(22)19-14/h2-9,15H,1H3,(H,18,19,21,22)/b9-7+. The second-order valence-corrected chi connectivity index (χ2v) is 5.25. The number of rotatable bonds is 4. The Hall–Kier alpha value is -3.55. The zero-order chi connectivity index (χ0) is 18.0. The Bertz CT molecular complexity index is 948. The number of fused-ring (bicyclic) bond motifs is 1. The van der Waals surface area contributed by atoms with Gasteiger partial charge in [0, 0.05) is 10.5 Å². The monoisotopic (exact) mass is 339 g/mol. The third kappa shape index (κ3) is 3.09. The first-order valence-corrected chi connectivity index (χ1v) is 7.32. The molecular formula is C17H13N3O5. The zero-order valence-corrected chi connectivity index (χ0v) is 13.1. The summed E-state index contributed by atoms with van der Waals surface area (Å²) >= 11 is 0. The van der Waals surface area contributed by atoms with E-state index in [9.17, 15) is 19.7 Å². The van der Waals surface area contributed by atoms with Gasteiger partial charge in [0.2, 0.25) is 0 Å². The molecule has 1 heterocycles. The van der Waals surface area contributed by atoms with Gasteiger partial charge in [0.1, 0.15) is 11.6 Å². The van der Waals surface area contributed by atoms with Crippen LogP contribution in [0, 0.1) is 10.1 Å². The molecular weight excluding hydrogens is 326 g/mol. The SMILES string of the molecule is COc1ccc2ccccc2c1/C=C/C1=NC(=O)C([N+](=O)[O-])C(=O)N1. The predicted molar refractivity (Wildman–Crippen MR) is 90.9 cm³/mol. The van der Waals surface area contributed by atoms with Crippen LogP contribution in [-0.4, -0.2) is 35.7 Å². The van der Waals surface area contributed by atoms with E-state index < -0.39 is 22.8 Å². The topological polar surface area (TPSA) is 111 Å². The molecule has 1 aliphatic rings. The summed E-state index contributed by atoms with van der Waals surface area (Å²) in [7, 11) is 1.53. The third-order valence-electron chi connectivity index (χ3n) is 3.73. The van der Waals surface area contributed by atoms with E-state index in [0.29, 0.717) is 5.75 Å². The van der Waals surface area contributed by atoms with E-state index in [1.807, 2.05) is 30.3 Å². The van der Waals surface area contributed by atoms with Crippen LogP contribution in [0.4, 0.5) is 0 Å². The van der Waals surface area contributed by atoms with Gasteiger partial charge in [0.05, 0.1) is 7.11 Å². The van der Waals surface area contributed by atoms with Crippen LogP contribution in [0.5, 0.6) is 5.75 Å². The Labute approximate surface area is 142 Å². The van der Waals surface area contributed by atoms with Crippen LogP contribution in [0.2, 0.25) is 0 Å². The summed E-state index contributed by atoms with van der Waals surface area (Å²) in [6.45, 7) is 0. The maximum atomic E-state index is 11.7. The molecule has 0 saturated heterocycles. The van der Waals surface area contributed by atoms with Crippen molar-refractivity contribution in [1.29, 1.82) is 0 Å². The number of methoxy groups -OCH3 is 1. The molecule has 1 N–H and O–H groups in total. The number of hydrogen-bond acceptors (Lipinski definition) is 5. The van der Waals surface area contributed by atoms with Crippen LogP contribution >= 0.6 is 0 Å². The van der Waals surface area contributed by atoms with Crippen molar-refractivity contribution in [1.82, 2.24) is 5.32 Å². The van der Waals surface area contributed by atoms with E-state index in [0.717, 1.165) is 16.3 Å². The molecule has 25 heavy (non-hydrogen) atoms. The Morgan fingerprint density at radius 2 is 1.96 bits per heavy atom. The Balaban J connectivity index is 1.99. The predicted octanol–water partition coefficient (Wildman–Crippen LogP) is 1.56. The van der Waals surface area contributed by atoms with Crippen LogP contribution < -0.4 is 10.1 Å². The minimum atomic E-state index is -2.00. The second kappa shape index (κ2) is 6.52. The fourth-order valence-electron chi connectivity index (χ4n) is 2.57. The number of nitrogens with zero attached hydrogens (tertiary/aromatic N) is 2. The molecule has 1 aliphatic heterocycles. The molecule has 1 atom stereocenters. The largest absolute Gasteiger partial charge is 0.496 e. The van der Waals surface area contributed by atoms with Gasteiger partial charge in [-0.2, -0.15) is 4.99 Å². The number of amides is 2. The molecule has 2 aromatic carbocycles. The molecule has 0 aromatic heterocycles. The number of nitrogens with one attached hydrogen (secondary N) is 1. The molecule has 0 bridgehead atoms. The van der Waals surface area contributed by atoms with Crippen molar-refractivity contribution >= 4 is 34.5 Å². The van der Waals surface area contributed by atoms with Crippen molar-refractivity contribution in [3.05, 3.63) is 58.2 Å². The Morgan fingerprint density at radius 3 is 2.64 bits per heavy atom. The molecule has 0 radical (unpaired) electrons. The summed E-state index contributed by atoms with van der Waals surface area (Å²) in [6, 6.07) is 9.36. The fourth-order valence-corrected chi connectivity index (χ4v) is 2.57. The summed E-state index contributed by atoms with van der Waals surface area (Å²) < 4.78 is 5.35. The van der Waals surface area contributed by atoms with Gasteiger partial charge < -0.3 is 10.1 Å². The highest BCUT2D eigenvalue weighted by Crippen LogP contribution is 2.29. The lowest BCUT2D eigenvalue weighted by Gasteiger charge is -2.13. The van der Waals surface area contributed by atoms with E-state index in [2.05, 4.69) is 10.3 Å². The van der Waals surface area contributed by atoms with Crippen LogP contribution in [-0.2, 0) is 9.59 Å². The van der Waals surface area contributed by atoms with Gasteiger partial charge in [-0.3, -0.25) is 19.7 Å². The van der Waals surface area contributed by atoms with Crippen molar-refractivity contribution in [3.8, 4) is 5.75 Å². The van der Waals surface area contributed by atoms with Gasteiger partial charge in [0.15, 0.2) is 0 Å². The van der Waals surface area contributed by atoms with Gasteiger partial charge in [0.25, 0.3) is 0 Å². The molecule has 8 nitrogen and oxygen atoms in total. The summed E-state index contributed by atoms with van der Waals surface area (Å²) in [6.07, 6.45) is 3.05. The highest BCUT2D eigenvalue weighted by atomic mass is 16.6. The highest BCUT2D eigenvalue weighted by molar-refractivity contribution is 6.21. The summed E-state index contributed by atoms with van der Waals surface area (Å²) in [5.74, 6) is -1.55. The molecule has 0 spiro atoms. The average Bonchev–Trinajstić information content (AvgIpc) is 2.58. The number of hydrogen-bond donors (Lipinski definition) is 1. The van der Waals surface area contributed by atoms with Crippen molar-refractivity contribution < 1.29 is 19.2 Å². The van der Waals surface area contributed by atoms with Gasteiger partial charge in [-0.15, -0.1) is 0 Å². The summed E-state index contributed by atoms with van der Waals surface area (Å²) in [5.41, 5.74) is 0.737. The summed E-state index contributed by atoms with van der Waals surface area (Å²) in [4.78, 5) is 36.7. The first kappa shape index (κ1) is 16.3. The Kier molecular flexibility index (Phi) is 4.25.